The number of aliphatic hydroxyl groups excluding tert-OH is 1. The maximum Gasteiger partial charge on any atom is 0.259 e. The number of nitrogens with one attached hydrogen (secondary N) is 1. The first-order valence-electron chi connectivity index (χ1n) is 18.2. The molecule has 1 amide bonds. The van der Waals surface area contributed by atoms with Crippen LogP contribution in [0.2, 0.25) is 0 Å². The van der Waals surface area contributed by atoms with E-state index in [4.69, 9.17) is 18.9 Å². The van der Waals surface area contributed by atoms with Crippen LogP contribution in [0.1, 0.15) is 61.4 Å². The van der Waals surface area contributed by atoms with Gasteiger partial charge in [0.05, 0.1) is 26.4 Å². The third-order valence-corrected chi connectivity index (χ3v) is 11.0. The number of carbonyl (C=O) groups excluding carboxylic acids is 1. The number of amides is 1. The van der Waals surface area contributed by atoms with E-state index in [0.717, 1.165) is 59.4 Å². The summed E-state index contributed by atoms with van der Waals surface area (Å²) in [5, 5.41) is 13.5. The molecular formula is C44H45N3O6. The van der Waals surface area contributed by atoms with Crippen LogP contribution in [-0.2, 0) is 32.3 Å². The van der Waals surface area contributed by atoms with Gasteiger partial charge < -0.3 is 29.4 Å². The van der Waals surface area contributed by atoms with Crippen LogP contribution in [0.15, 0.2) is 91.0 Å². The lowest BCUT2D eigenvalue weighted by atomic mass is 9.86. The zero-order valence-corrected chi connectivity index (χ0v) is 30.6. The highest BCUT2D eigenvalue weighted by atomic mass is 16.5. The Kier molecular flexibility index (Phi) is 9.55. The SMILES string of the molecule is COc1cc2c3cc1Oc1c(OC)c(CO)cc4c1[C@H](Cc1ccc(cc1)Oc1cc(ccc1C(=O)Nc1ccccc1)C[C@H]3N(C)CC2)N(C)CC4. The minimum absolute atomic E-state index is 0.0143. The minimum atomic E-state index is -0.236. The summed E-state index contributed by atoms with van der Waals surface area (Å²) in [6.45, 7) is 1.57. The smallest absolute Gasteiger partial charge is 0.259 e. The monoisotopic (exact) mass is 711 g/mol. The number of aliphatic hydroxyl groups is 1. The van der Waals surface area contributed by atoms with E-state index >= 15 is 0 Å². The van der Waals surface area contributed by atoms with Gasteiger partial charge in [-0.05, 0) is 122 Å². The molecule has 0 aromatic heterocycles. The molecule has 9 heteroatoms. The van der Waals surface area contributed by atoms with Gasteiger partial charge in [0, 0.05) is 42.0 Å². The van der Waals surface area contributed by atoms with Crippen molar-refractivity contribution < 1.29 is 28.8 Å². The molecule has 0 fully saturated rings. The Labute approximate surface area is 310 Å². The van der Waals surface area contributed by atoms with Gasteiger partial charge in [-0.15, -0.1) is 0 Å². The van der Waals surface area contributed by atoms with Crippen molar-refractivity contribution in [3.63, 3.8) is 0 Å². The molecule has 4 heterocycles. The van der Waals surface area contributed by atoms with Gasteiger partial charge in [-0.2, -0.15) is 0 Å². The molecule has 6 bridgehead atoms. The Balaban J connectivity index is 1.30. The topological polar surface area (TPSA) is 92.7 Å². The number of hydrogen-bond donors (Lipinski definition) is 2. The summed E-state index contributed by atoms with van der Waals surface area (Å²) < 4.78 is 25.6. The lowest BCUT2D eigenvalue weighted by Crippen LogP contribution is -2.34. The van der Waals surface area contributed by atoms with Gasteiger partial charge in [-0.25, -0.2) is 0 Å². The van der Waals surface area contributed by atoms with Crippen molar-refractivity contribution in [2.24, 2.45) is 0 Å². The number of anilines is 1. The average Bonchev–Trinajstić information content (AvgIpc) is 3.17. The van der Waals surface area contributed by atoms with Crippen molar-refractivity contribution >= 4 is 11.6 Å². The number of likely N-dealkylation sites (N-methyl/N-ethyl adjacent to an activating group) is 2. The van der Waals surface area contributed by atoms with Crippen LogP contribution >= 0.6 is 0 Å². The van der Waals surface area contributed by atoms with Gasteiger partial charge in [0.15, 0.2) is 23.0 Å². The predicted octanol–water partition coefficient (Wildman–Crippen LogP) is 7.89. The summed E-state index contributed by atoms with van der Waals surface area (Å²) in [6, 6.07) is 29.7. The molecular weight excluding hydrogens is 666 g/mol. The van der Waals surface area contributed by atoms with Gasteiger partial charge in [0.2, 0.25) is 0 Å². The number of para-hydroxylation sites is 1. The van der Waals surface area contributed by atoms with Crippen molar-refractivity contribution in [2.75, 3.05) is 46.7 Å². The Morgan fingerprint density at radius 3 is 2.25 bits per heavy atom. The maximum absolute atomic E-state index is 13.7. The van der Waals surface area contributed by atoms with E-state index < -0.39 is 0 Å². The quantitative estimate of drug-likeness (QED) is 0.190. The molecule has 53 heavy (non-hydrogen) atoms. The first-order chi connectivity index (χ1) is 25.8. The van der Waals surface area contributed by atoms with Crippen LogP contribution in [0, 0.1) is 0 Å². The number of hydrogen-bond acceptors (Lipinski definition) is 8. The van der Waals surface area contributed by atoms with Gasteiger partial charge in [0.1, 0.15) is 11.5 Å². The normalized spacial score (nSPS) is 18.1. The van der Waals surface area contributed by atoms with Crippen LogP contribution in [-0.4, -0.2) is 62.2 Å². The highest BCUT2D eigenvalue weighted by Gasteiger charge is 2.34. The van der Waals surface area contributed by atoms with Gasteiger partial charge in [-0.3, -0.25) is 14.6 Å². The second-order valence-electron chi connectivity index (χ2n) is 14.2. The van der Waals surface area contributed by atoms with Crippen molar-refractivity contribution in [3.8, 4) is 34.5 Å². The van der Waals surface area contributed by atoms with Crippen molar-refractivity contribution in [1.29, 1.82) is 0 Å². The molecule has 0 saturated heterocycles. The second kappa shape index (κ2) is 14.6. The molecule has 4 aliphatic heterocycles. The maximum atomic E-state index is 13.7. The fraction of sp³-hybridized carbons (Fsp3) is 0.295. The molecule has 4 aliphatic rings. The highest BCUT2D eigenvalue weighted by molar-refractivity contribution is 6.06. The third-order valence-electron chi connectivity index (χ3n) is 11.0. The van der Waals surface area contributed by atoms with E-state index in [9.17, 15) is 9.90 Å². The van der Waals surface area contributed by atoms with Crippen LogP contribution < -0.4 is 24.3 Å². The molecule has 0 aliphatic carbocycles. The number of fused-ring (bicyclic) bond motifs is 2. The molecule has 9 nitrogen and oxygen atoms in total. The zero-order valence-electron chi connectivity index (χ0n) is 30.6. The van der Waals surface area contributed by atoms with E-state index in [-0.39, 0.29) is 24.6 Å². The summed E-state index contributed by atoms with van der Waals surface area (Å²) >= 11 is 0. The molecule has 2 N–H and O–H groups in total. The molecule has 272 valence electrons. The van der Waals surface area contributed by atoms with Crippen LogP contribution in [0.4, 0.5) is 5.69 Å². The van der Waals surface area contributed by atoms with Crippen molar-refractivity contribution in [1.82, 2.24) is 9.80 Å². The Morgan fingerprint density at radius 2 is 1.51 bits per heavy atom. The molecule has 0 saturated carbocycles. The number of benzene rings is 5. The fourth-order valence-electron chi connectivity index (χ4n) is 8.12. The lowest BCUT2D eigenvalue weighted by molar-refractivity contribution is 0.102. The third kappa shape index (κ3) is 6.72. The lowest BCUT2D eigenvalue weighted by Gasteiger charge is -2.37. The van der Waals surface area contributed by atoms with Crippen LogP contribution in [0.3, 0.4) is 0 Å². The summed E-state index contributed by atoms with van der Waals surface area (Å²) in [4.78, 5) is 18.4. The number of methoxy groups -OCH3 is 2. The van der Waals surface area contributed by atoms with Crippen molar-refractivity contribution in [3.05, 3.63) is 136 Å². The standard InChI is InChI=1S/C44H45N3O6/c1-46-18-16-29-24-39(50-3)40-25-35(29)36(46)21-28-12-15-34(44(49)45-32-8-6-5-7-9-32)38(22-28)52-33-13-10-27(11-14-33)20-37-41-30(17-19-47(37)2)23-31(26-48)42(51-4)43(41)53-40/h5-15,22-25,36-37,48H,16-21,26H2,1-4H3,(H,45,49)/t36-,37+/m1/s1. The molecule has 0 radical (unpaired) electrons. The first-order valence-corrected chi connectivity index (χ1v) is 18.2. The van der Waals surface area contributed by atoms with E-state index in [1.807, 2.05) is 60.7 Å². The molecule has 5 aromatic rings. The Morgan fingerprint density at radius 1 is 0.792 bits per heavy atom. The Hall–Kier alpha value is -5.35. The molecule has 0 unspecified atom stereocenters. The van der Waals surface area contributed by atoms with Gasteiger partial charge in [0.25, 0.3) is 5.91 Å². The number of carbonyl (C=O) groups is 1. The van der Waals surface area contributed by atoms with E-state index in [2.05, 4.69) is 59.5 Å². The molecule has 0 spiro atoms. The molecule has 9 rings (SSSR count). The van der Waals surface area contributed by atoms with Gasteiger partial charge in [-0.1, -0.05) is 36.4 Å². The number of nitrogens with zero attached hydrogens (tertiary/aromatic N) is 2. The summed E-state index contributed by atoms with van der Waals surface area (Å²) in [5.41, 5.74) is 8.56. The molecule has 2 atom stereocenters. The second-order valence-corrected chi connectivity index (χ2v) is 14.2. The highest BCUT2D eigenvalue weighted by Crippen LogP contribution is 2.50. The zero-order chi connectivity index (χ0) is 36.6. The number of ether oxygens (including phenoxy) is 4. The number of rotatable bonds is 5. The summed E-state index contributed by atoms with van der Waals surface area (Å²) in [7, 11) is 7.60. The van der Waals surface area contributed by atoms with Gasteiger partial charge >= 0.3 is 0 Å². The fourth-order valence-corrected chi connectivity index (χ4v) is 8.12. The summed E-state index contributed by atoms with van der Waals surface area (Å²) in [6.07, 6.45) is 3.06. The van der Waals surface area contributed by atoms with Crippen molar-refractivity contribution in [2.45, 2.75) is 44.4 Å². The minimum Gasteiger partial charge on any atom is -0.493 e. The average molecular weight is 712 g/mol. The van der Waals surface area contributed by atoms with E-state index in [1.54, 1.807) is 14.2 Å². The Bertz CT molecular complexity index is 2150. The van der Waals surface area contributed by atoms with E-state index in [1.165, 1.54) is 5.56 Å². The first kappa shape index (κ1) is 34.7. The van der Waals surface area contributed by atoms with E-state index in [0.29, 0.717) is 58.5 Å². The summed E-state index contributed by atoms with van der Waals surface area (Å²) in [5.74, 6) is 3.29. The van der Waals surface area contributed by atoms with Crippen LogP contribution in [0.25, 0.3) is 0 Å². The molecule has 5 aromatic carbocycles. The largest absolute Gasteiger partial charge is 0.493 e. The predicted molar refractivity (Wildman–Crippen MR) is 205 cm³/mol. The van der Waals surface area contributed by atoms with Crippen LogP contribution in [0.5, 0.6) is 34.5 Å².